The predicted octanol–water partition coefficient (Wildman–Crippen LogP) is 4.21. The fourth-order valence-corrected chi connectivity index (χ4v) is 8.25. The zero-order valence-corrected chi connectivity index (χ0v) is 20.0. The standard InChI is InChI=1S/C28H37FN2O3/c29-14-20(15-30)16-34-24-3-1-23(2-4-24)28-11-19-9-21(12-28)25(22(10-19)13-28)26(32)31-17-27(18-31)5-7-33-8-6-27/h1-4,14,19,21-22,25H,5-13,15-18,30H2/b20-14+. The lowest BCUT2D eigenvalue weighted by atomic mass is 9.44. The first-order valence-corrected chi connectivity index (χ1v) is 13.1. The van der Waals surface area contributed by atoms with E-state index in [0.29, 0.717) is 35.1 Å². The Balaban J connectivity index is 1.13. The quantitative estimate of drug-likeness (QED) is 0.679. The Morgan fingerprint density at radius 3 is 2.41 bits per heavy atom. The average Bonchev–Trinajstić information content (AvgIpc) is 2.83. The first kappa shape index (κ1) is 22.5. The van der Waals surface area contributed by atoms with Gasteiger partial charge in [-0.2, -0.15) is 0 Å². The second-order valence-electron chi connectivity index (χ2n) is 11.9. The summed E-state index contributed by atoms with van der Waals surface area (Å²) in [7, 11) is 0. The third kappa shape index (κ3) is 3.78. The molecule has 4 aliphatic carbocycles. The molecule has 4 saturated carbocycles. The van der Waals surface area contributed by atoms with Crippen LogP contribution in [0.25, 0.3) is 0 Å². The Hall–Kier alpha value is -1.92. The number of halogens is 1. The van der Waals surface area contributed by atoms with Crippen LogP contribution >= 0.6 is 0 Å². The van der Waals surface area contributed by atoms with E-state index in [9.17, 15) is 9.18 Å². The van der Waals surface area contributed by atoms with Gasteiger partial charge < -0.3 is 20.1 Å². The Morgan fingerprint density at radius 1 is 1.12 bits per heavy atom. The van der Waals surface area contributed by atoms with Crippen molar-refractivity contribution >= 4 is 5.91 Å². The van der Waals surface area contributed by atoms with Crippen LogP contribution in [0.2, 0.25) is 0 Å². The van der Waals surface area contributed by atoms with Crippen molar-refractivity contribution in [3.05, 3.63) is 41.7 Å². The van der Waals surface area contributed by atoms with Gasteiger partial charge in [-0.1, -0.05) is 12.1 Å². The largest absolute Gasteiger partial charge is 0.489 e. The molecule has 2 unspecified atom stereocenters. The van der Waals surface area contributed by atoms with Gasteiger partial charge in [0.25, 0.3) is 0 Å². The number of amides is 1. The maximum absolute atomic E-state index is 13.6. The maximum atomic E-state index is 13.6. The molecular formula is C28H37FN2O3. The summed E-state index contributed by atoms with van der Waals surface area (Å²) in [4.78, 5) is 15.8. The molecule has 1 aromatic carbocycles. The Labute approximate surface area is 201 Å². The number of likely N-dealkylation sites (tertiary alicyclic amines) is 1. The Morgan fingerprint density at radius 2 is 1.79 bits per heavy atom. The van der Waals surface area contributed by atoms with Gasteiger partial charge >= 0.3 is 0 Å². The molecule has 2 atom stereocenters. The third-order valence-electron chi connectivity index (χ3n) is 9.78. The summed E-state index contributed by atoms with van der Waals surface area (Å²) in [6.07, 6.45) is 8.70. The van der Waals surface area contributed by atoms with Gasteiger partial charge in [0.2, 0.25) is 5.91 Å². The minimum atomic E-state index is 0.161. The maximum Gasteiger partial charge on any atom is 0.226 e. The minimum Gasteiger partial charge on any atom is -0.489 e. The van der Waals surface area contributed by atoms with Crippen molar-refractivity contribution in [2.24, 2.45) is 34.8 Å². The van der Waals surface area contributed by atoms with Crippen LogP contribution in [0.4, 0.5) is 4.39 Å². The number of benzene rings is 1. The van der Waals surface area contributed by atoms with Gasteiger partial charge in [-0.15, -0.1) is 0 Å². The molecular weight excluding hydrogens is 431 g/mol. The van der Waals surface area contributed by atoms with Crippen LogP contribution in [0.5, 0.6) is 5.75 Å². The van der Waals surface area contributed by atoms with Crippen molar-refractivity contribution in [1.82, 2.24) is 4.90 Å². The fraction of sp³-hybridized carbons (Fsp3) is 0.679. The highest BCUT2D eigenvalue weighted by molar-refractivity contribution is 5.81. The second kappa shape index (κ2) is 8.63. The summed E-state index contributed by atoms with van der Waals surface area (Å²) < 4.78 is 24.0. The fourth-order valence-electron chi connectivity index (χ4n) is 8.25. The van der Waals surface area contributed by atoms with Gasteiger partial charge in [0.1, 0.15) is 12.4 Å². The van der Waals surface area contributed by atoms with E-state index >= 15 is 0 Å². The molecule has 34 heavy (non-hydrogen) atoms. The number of carbonyl (C=O) groups is 1. The molecule has 6 aliphatic rings. The molecule has 0 radical (unpaired) electrons. The smallest absolute Gasteiger partial charge is 0.226 e. The zero-order chi connectivity index (χ0) is 23.3. The zero-order valence-electron chi connectivity index (χ0n) is 20.0. The predicted molar refractivity (Wildman–Crippen MR) is 128 cm³/mol. The highest BCUT2D eigenvalue weighted by Crippen LogP contribution is 2.63. The molecule has 2 heterocycles. The highest BCUT2D eigenvalue weighted by Gasteiger charge is 2.59. The number of nitrogens with two attached hydrogens (primary N) is 1. The van der Waals surface area contributed by atoms with Gasteiger partial charge in [-0.25, -0.2) is 4.39 Å². The van der Waals surface area contributed by atoms with Crippen molar-refractivity contribution in [1.29, 1.82) is 0 Å². The first-order valence-electron chi connectivity index (χ1n) is 13.1. The summed E-state index contributed by atoms with van der Waals surface area (Å²) in [6.45, 7) is 3.94. The van der Waals surface area contributed by atoms with Crippen molar-refractivity contribution in [2.75, 3.05) is 39.5 Å². The Kier molecular flexibility index (Phi) is 5.72. The van der Waals surface area contributed by atoms with Crippen LogP contribution in [0, 0.1) is 29.1 Å². The van der Waals surface area contributed by atoms with E-state index in [2.05, 4.69) is 17.0 Å². The summed E-state index contributed by atoms with van der Waals surface area (Å²) in [5.74, 6) is 3.20. The van der Waals surface area contributed by atoms with Crippen LogP contribution in [-0.4, -0.2) is 50.3 Å². The molecule has 0 aromatic heterocycles. The van der Waals surface area contributed by atoms with Gasteiger partial charge in [-0.3, -0.25) is 4.79 Å². The highest BCUT2D eigenvalue weighted by atomic mass is 19.1. The number of rotatable bonds is 6. The van der Waals surface area contributed by atoms with E-state index in [4.69, 9.17) is 15.2 Å². The van der Waals surface area contributed by atoms with Crippen LogP contribution < -0.4 is 10.5 Å². The van der Waals surface area contributed by atoms with E-state index in [0.717, 1.165) is 63.7 Å². The second-order valence-corrected chi connectivity index (χ2v) is 11.9. The van der Waals surface area contributed by atoms with E-state index in [1.807, 2.05) is 12.1 Å². The monoisotopic (exact) mass is 468 g/mol. The van der Waals surface area contributed by atoms with Crippen LogP contribution in [-0.2, 0) is 14.9 Å². The average molecular weight is 469 g/mol. The number of carbonyl (C=O) groups excluding carboxylic acids is 1. The molecule has 7 rings (SSSR count). The molecule has 2 saturated heterocycles. The van der Waals surface area contributed by atoms with Crippen LogP contribution in [0.1, 0.15) is 50.5 Å². The van der Waals surface area contributed by atoms with E-state index < -0.39 is 0 Å². The number of nitrogens with zero attached hydrogens (tertiary/aromatic N) is 1. The molecule has 2 aliphatic heterocycles. The molecule has 1 aromatic rings. The minimum absolute atomic E-state index is 0.161. The summed E-state index contributed by atoms with van der Waals surface area (Å²) in [5.41, 5.74) is 7.90. The van der Waals surface area contributed by atoms with Crippen LogP contribution in [0.3, 0.4) is 0 Å². The van der Waals surface area contributed by atoms with Gasteiger partial charge in [0.15, 0.2) is 0 Å². The van der Waals surface area contributed by atoms with Crippen LogP contribution in [0.15, 0.2) is 36.2 Å². The van der Waals surface area contributed by atoms with E-state index in [1.165, 1.54) is 24.8 Å². The molecule has 6 fully saturated rings. The van der Waals surface area contributed by atoms with Crippen molar-refractivity contribution in [3.63, 3.8) is 0 Å². The molecule has 6 heteroatoms. The normalized spacial score (nSPS) is 35.9. The van der Waals surface area contributed by atoms with E-state index in [-0.39, 0.29) is 24.5 Å². The number of ether oxygens (including phenoxy) is 2. The van der Waals surface area contributed by atoms with Gasteiger partial charge in [-0.05, 0) is 85.8 Å². The molecule has 1 spiro atoms. The topological polar surface area (TPSA) is 64.8 Å². The lowest BCUT2D eigenvalue weighted by Gasteiger charge is -2.61. The van der Waals surface area contributed by atoms with Gasteiger partial charge in [0.05, 0.1) is 6.33 Å². The molecule has 5 nitrogen and oxygen atoms in total. The summed E-state index contributed by atoms with van der Waals surface area (Å²) in [6, 6.07) is 8.42. The SMILES string of the molecule is NC/C(=C\F)COc1ccc(C23CC4CC(C2)C(C(=O)N2CC5(CCOCC5)C2)C(C4)C3)cc1. The van der Waals surface area contributed by atoms with Crippen molar-refractivity contribution < 1.29 is 18.7 Å². The summed E-state index contributed by atoms with van der Waals surface area (Å²) >= 11 is 0. The molecule has 2 N–H and O–H groups in total. The van der Waals surface area contributed by atoms with Crippen molar-refractivity contribution in [2.45, 2.75) is 50.4 Å². The lowest BCUT2D eigenvalue weighted by Crippen LogP contribution is -2.64. The lowest BCUT2D eigenvalue weighted by molar-refractivity contribution is -0.168. The number of hydrogen-bond acceptors (Lipinski definition) is 4. The first-order chi connectivity index (χ1) is 16.5. The van der Waals surface area contributed by atoms with E-state index in [1.54, 1.807) is 0 Å². The molecule has 1 amide bonds. The molecule has 184 valence electrons. The third-order valence-corrected chi connectivity index (χ3v) is 9.78. The summed E-state index contributed by atoms with van der Waals surface area (Å²) in [5, 5.41) is 0. The van der Waals surface area contributed by atoms with Gasteiger partial charge in [0, 0.05) is 49.8 Å². The Bertz CT molecular complexity index is 931. The molecule has 4 bridgehead atoms. The number of hydrogen-bond donors (Lipinski definition) is 1. The van der Waals surface area contributed by atoms with Crippen molar-refractivity contribution in [3.8, 4) is 5.75 Å².